The average Bonchev–Trinajstić information content (AvgIpc) is 2.71. The van der Waals surface area contributed by atoms with Gasteiger partial charge >= 0.3 is 0 Å². The average molecular weight is 237 g/mol. The lowest BCUT2D eigenvalue weighted by atomic mass is 9.72. The van der Waals surface area contributed by atoms with E-state index in [9.17, 15) is 0 Å². The lowest BCUT2D eigenvalue weighted by Crippen LogP contribution is -2.37. The standard InChI is InChI=1S/C12H23N5/c1-7-3-4-9(5-8(7)2)11(16-14)10-6-15-17-12(10)13/h6-9,11,16H,3-5,14H2,1-2H3,(H3,13,15,17). The zero-order valence-electron chi connectivity index (χ0n) is 10.6. The molecule has 0 radical (unpaired) electrons. The molecule has 5 heteroatoms. The van der Waals surface area contributed by atoms with Crippen molar-refractivity contribution in [3.63, 3.8) is 0 Å². The van der Waals surface area contributed by atoms with Crippen LogP contribution >= 0.6 is 0 Å². The molecule has 6 N–H and O–H groups in total. The molecule has 17 heavy (non-hydrogen) atoms. The Labute approximate surface area is 102 Å². The first kappa shape index (κ1) is 12.4. The highest BCUT2D eigenvalue weighted by Gasteiger charge is 2.31. The first-order valence-corrected chi connectivity index (χ1v) is 6.38. The van der Waals surface area contributed by atoms with E-state index in [1.807, 2.05) is 0 Å². The van der Waals surface area contributed by atoms with Crippen molar-refractivity contribution in [2.45, 2.75) is 39.2 Å². The van der Waals surface area contributed by atoms with Gasteiger partial charge < -0.3 is 5.73 Å². The molecule has 4 unspecified atom stereocenters. The van der Waals surface area contributed by atoms with Gasteiger partial charge in [-0.1, -0.05) is 20.3 Å². The van der Waals surface area contributed by atoms with E-state index in [1.54, 1.807) is 6.20 Å². The molecule has 1 aliphatic rings. The molecule has 2 rings (SSSR count). The van der Waals surface area contributed by atoms with Crippen LogP contribution < -0.4 is 17.0 Å². The summed E-state index contributed by atoms with van der Waals surface area (Å²) in [4.78, 5) is 0. The minimum absolute atomic E-state index is 0.115. The molecule has 5 nitrogen and oxygen atoms in total. The number of nitrogen functional groups attached to an aromatic ring is 1. The van der Waals surface area contributed by atoms with Gasteiger partial charge in [0, 0.05) is 5.56 Å². The Morgan fingerprint density at radius 3 is 2.71 bits per heavy atom. The van der Waals surface area contributed by atoms with Crippen LogP contribution in [0, 0.1) is 17.8 Å². The fraction of sp³-hybridized carbons (Fsp3) is 0.750. The summed E-state index contributed by atoms with van der Waals surface area (Å²) >= 11 is 0. The number of anilines is 1. The second kappa shape index (κ2) is 5.06. The molecular formula is C12H23N5. The number of hydrogen-bond donors (Lipinski definition) is 4. The van der Waals surface area contributed by atoms with Crippen molar-refractivity contribution in [2.75, 3.05) is 5.73 Å². The molecule has 1 fully saturated rings. The van der Waals surface area contributed by atoms with Crippen molar-refractivity contribution < 1.29 is 0 Å². The highest BCUT2D eigenvalue weighted by Crippen LogP contribution is 2.40. The molecule has 0 saturated heterocycles. The molecule has 0 spiro atoms. The number of aromatic amines is 1. The Morgan fingerprint density at radius 1 is 1.41 bits per heavy atom. The quantitative estimate of drug-likeness (QED) is 0.474. The van der Waals surface area contributed by atoms with Crippen molar-refractivity contribution in [2.24, 2.45) is 23.6 Å². The van der Waals surface area contributed by atoms with Gasteiger partial charge in [-0.3, -0.25) is 16.4 Å². The van der Waals surface area contributed by atoms with E-state index in [-0.39, 0.29) is 6.04 Å². The van der Waals surface area contributed by atoms with Gasteiger partial charge in [-0.25, -0.2) is 0 Å². The second-order valence-electron chi connectivity index (χ2n) is 5.41. The van der Waals surface area contributed by atoms with Crippen LogP contribution in [-0.4, -0.2) is 10.2 Å². The van der Waals surface area contributed by atoms with Gasteiger partial charge in [-0.15, -0.1) is 0 Å². The summed E-state index contributed by atoms with van der Waals surface area (Å²) in [5.41, 5.74) is 9.78. The van der Waals surface area contributed by atoms with Crippen LogP contribution in [0.2, 0.25) is 0 Å². The summed E-state index contributed by atoms with van der Waals surface area (Å²) in [5, 5.41) is 6.75. The van der Waals surface area contributed by atoms with E-state index < -0.39 is 0 Å². The fourth-order valence-corrected chi connectivity index (χ4v) is 2.93. The molecule has 0 aliphatic heterocycles. The Balaban J connectivity index is 2.12. The van der Waals surface area contributed by atoms with E-state index in [2.05, 4.69) is 29.5 Å². The Bertz CT molecular complexity index is 362. The van der Waals surface area contributed by atoms with Crippen molar-refractivity contribution in [3.8, 4) is 0 Å². The van der Waals surface area contributed by atoms with Crippen LogP contribution in [0.1, 0.15) is 44.7 Å². The van der Waals surface area contributed by atoms with Crippen LogP contribution in [0.15, 0.2) is 6.20 Å². The van der Waals surface area contributed by atoms with E-state index in [0.717, 1.165) is 17.4 Å². The zero-order chi connectivity index (χ0) is 12.4. The van der Waals surface area contributed by atoms with Gasteiger partial charge in [0.2, 0.25) is 0 Å². The predicted molar refractivity (Wildman–Crippen MR) is 68.7 cm³/mol. The summed E-state index contributed by atoms with van der Waals surface area (Å²) < 4.78 is 0. The smallest absolute Gasteiger partial charge is 0.123 e. The first-order valence-electron chi connectivity index (χ1n) is 6.38. The van der Waals surface area contributed by atoms with E-state index in [0.29, 0.717) is 11.7 Å². The lowest BCUT2D eigenvalue weighted by molar-refractivity contribution is 0.171. The molecule has 96 valence electrons. The van der Waals surface area contributed by atoms with Crippen molar-refractivity contribution in [1.82, 2.24) is 15.6 Å². The first-order chi connectivity index (χ1) is 8.13. The maximum absolute atomic E-state index is 5.87. The SMILES string of the molecule is CC1CCC(C(NN)c2cn[nH]c2N)CC1C. The molecule has 0 aromatic carbocycles. The maximum Gasteiger partial charge on any atom is 0.123 e. The number of aromatic nitrogens is 2. The van der Waals surface area contributed by atoms with E-state index in [1.165, 1.54) is 19.3 Å². The molecule has 4 atom stereocenters. The summed E-state index contributed by atoms with van der Waals surface area (Å²) in [7, 11) is 0. The predicted octanol–water partition coefficient (Wildman–Crippen LogP) is 1.57. The van der Waals surface area contributed by atoms with Crippen LogP contribution in [0.4, 0.5) is 5.82 Å². The minimum atomic E-state index is 0.115. The van der Waals surface area contributed by atoms with Gasteiger partial charge in [0.15, 0.2) is 0 Å². The molecule has 1 aromatic rings. The van der Waals surface area contributed by atoms with Gasteiger partial charge in [0.1, 0.15) is 5.82 Å². The maximum atomic E-state index is 5.87. The van der Waals surface area contributed by atoms with E-state index in [4.69, 9.17) is 11.6 Å². The second-order valence-corrected chi connectivity index (χ2v) is 5.41. The topological polar surface area (TPSA) is 92.7 Å². The third-order valence-corrected chi connectivity index (χ3v) is 4.32. The Morgan fingerprint density at radius 2 is 2.18 bits per heavy atom. The number of nitrogens with one attached hydrogen (secondary N) is 2. The van der Waals surface area contributed by atoms with Crippen LogP contribution in [0.3, 0.4) is 0 Å². The molecule has 0 amide bonds. The van der Waals surface area contributed by atoms with Crippen LogP contribution in [0.5, 0.6) is 0 Å². The fourth-order valence-electron chi connectivity index (χ4n) is 2.93. The van der Waals surface area contributed by atoms with Crippen molar-refractivity contribution in [1.29, 1.82) is 0 Å². The largest absolute Gasteiger partial charge is 0.384 e. The van der Waals surface area contributed by atoms with E-state index >= 15 is 0 Å². The minimum Gasteiger partial charge on any atom is -0.384 e. The highest BCUT2D eigenvalue weighted by molar-refractivity contribution is 5.39. The third kappa shape index (κ3) is 2.45. The summed E-state index contributed by atoms with van der Waals surface area (Å²) in [6.07, 6.45) is 5.44. The number of hydrazine groups is 1. The molecule has 1 aliphatic carbocycles. The summed E-state index contributed by atoms with van der Waals surface area (Å²) in [5.74, 6) is 8.43. The number of rotatable bonds is 3. The molecule has 0 bridgehead atoms. The van der Waals surface area contributed by atoms with Gasteiger partial charge in [-0.2, -0.15) is 5.10 Å². The molecule has 1 aromatic heterocycles. The van der Waals surface area contributed by atoms with Gasteiger partial charge in [0.25, 0.3) is 0 Å². The van der Waals surface area contributed by atoms with Crippen molar-refractivity contribution >= 4 is 5.82 Å². The van der Waals surface area contributed by atoms with Crippen LogP contribution in [0.25, 0.3) is 0 Å². The zero-order valence-corrected chi connectivity index (χ0v) is 10.6. The van der Waals surface area contributed by atoms with Crippen LogP contribution in [-0.2, 0) is 0 Å². The molecule has 1 heterocycles. The third-order valence-electron chi connectivity index (χ3n) is 4.32. The lowest BCUT2D eigenvalue weighted by Gasteiger charge is -2.36. The van der Waals surface area contributed by atoms with Crippen molar-refractivity contribution in [3.05, 3.63) is 11.8 Å². The number of H-pyrrole nitrogens is 1. The summed E-state index contributed by atoms with van der Waals surface area (Å²) in [6.45, 7) is 4.65. The van der Waals surface area contributed by atoms with Gasteiger partial charge in [-0.05, 0) is 30.6 Å². The number of nitrogens with zero attached hydrogens (tertiary/aromatic N) is 1. The highest BCUT2D eigenvalue weighted by atomic mass is 15.2. The number of hydrogen-bond acceptors (Lipinski definition) is 4. The molecule has 1 saturated carbocycles. The Hall–Kier alpha value is -1.07. The van der Waals surface area contributed by atoms with Gasteiger partial charge in [0.05, 0.1) is 12.2 Å². The monoisotopic (exact) mass is 237 g/mol. The Kier molecular flexibility index (Phi) is 3.69. The molecular weight excluding hydrogens is 214 g/mol. The summed E-state index contributed by atoms with van der Waals surface area (Å²) in [6, 6.07) is 0.115. The number of nitrogens with two attached hydrogens (primary N) is 2. The normalized spacial score (nSPS) is 31.4.